The van der Waals surface area contributed by atoms with Crippen LogP contribution in [0.25, 0.3) is 0 Å². The minimum Gasteiger partial charge on any atom is -0.458 e. The second-order valence-corrected chi connectivity index (χ2v) is 12.0. The van der Waals surface area contributed by atoms with Crippen molar-refractivity contribution in [1.82, 2.24) is 19.7 Å². The Balaban J connectivity index is 1.30. The van der Waals surface area contributed by atoms with Gasteiger partial charge in [-0.3, -0.25) is 14.9 Å². The highest BCUT2D eigenvalue weighted by Gasteiger charge is 2.15. The number of aromatic nitrogens is 3. The van der Waals surface area contributed by atoms with Gasteiger partial charge in [0.25, 0.3) is 15.9 Å². The fourth-order valence-electron chi connectivity index (χ4n) is 4.21. The SMILES string of the molecule is CC(=N)NS(=O)(=O)c1ccc(NC(=O)c2cccc(Nc3nc(NCc4ccc(C)cc4)nc(OCc4ccccc4)n3)c2)cc1. The highest BCUT2D eigenvalue weighted by Crippen LogP contribution is 2.21. The smallest absolute Gasteiger partial charge is 0.323 e. The number of nitrogens with one attached hydrogen (secondary N) is 5. The average Bonchev–Trinajstić information content (AvgIpc) is 3.04. The number of hydrogen-bond donors (Lipinski definition) is 5. The van der Waals surface area contributed by atoms with Crippen LogP contribution >= 0.6 is 0 Å². The van der Waals surface area contributed by atoms with Crippen LogP contribution in [-0.2, 0) is 23.2 Å². The molecule has 5 rings (SSSR count). The third kappa shape index (κ3) is 8.86. The summed E-state index contributed by atoms with van der Waals surface area (Å²) in [6.07, 6.45) is 0. The Morgan fingerprint density at radius 2 is 1.52 bits per heavy atom. The van der Waals surface area contributed by atoms with Crippen molar-refractivity contribution in [2.45, 2.75) is 31.9 Å². The summed E-state index contributed by atoms with van der Waals surface area (Å²) < 4.78 is 32.6. The molecule has 4 aromatic carbocycles. The second-order valence-electron chi connectivity index (χ2n) is 10.3. The number of sulfonamides is 1. The molecular weight excluding hydrogens is 604 g/mol. The predicted molar refractivity (Wildman–Crippen MR) is 177 cm³/mol. The van der Waals surface area contributed by atoms with Crippen molar-refractivity contribution in [3.63, 3.8) is 0 Å². The van der Waals surface area contributed by atoms with E-state index in [4.69, 9.17) is 10.1 Å². The molecule has 0 fully saturated rings. The number of amides is 1. The Labute approximate surface area is 266 Å². The van der Waals surface area contributed by atoms with E-state index in [9.17, 15) is 13.2 Å². The number of aryl methyl sites for hydroxylation is 1. The molecule has 5 N–H and O–H groups in total. The number of amidine groups is 1. The number of carbonyl (C=O) groups is 1. The first-order valence-corrected chi connectivity index (χ1v) is 15.7. The lowest BCUT2D eigenvalue weighted by atomic mass is 10.1. The minimum atomic E-state index is -3.86. The largest absolute Gasteiger partial charge is 0.458 e. The van der Waals surface area contributed by atoms with Gasteiger partial charge in [-0.15, -0.1) is 0 Å². The number of nitrogens with zero attached hydrogens (tertiary/aromatic N) is 3. The summed E-state index contributed by atoms with van der Waals surface area (Å²) in [5, 5.41) is 16.5. The monoisotopic (exact) mass is 636 g/mol. The van der Waals surface area contributed by atoms with Gasteiger partial charge in [0.05, 0.1) is 4.90 Å². The minimum absolute atomic E-state index is 0.0273. The topological polar surface area (TPSA) is 171 Å². The fourth-order valence-corrected chi connectivity index (χ4v) is 5.23. The Kier molecular flexibility index (Phi) is 9.83. The van der Waals surface area contributed by atoms with Gasteiger partial charge < -0.3 is 20.7 Å². The highest BCUT2D eigenvalue weighted by molar-refractivity contribution is 7.90. The van der Waals surface area contributed by atoms with Crippen LogP contribution in [0.4, 0.5) is 23.3 Å². The van der Waals surface area contributed by atoms with Crippen LogP contribution in [0.2, 0.25) is 0 Å². The number of rotatable bonds is 12. The first kappa shape index (κ1) is 31.6. The molecule has 1 amide bonds. The van der Waals surface area contributed by atoms with E-state index in [1.54, 1.807) is 24.3 Å². The highest BCUT2D eigenvalue weighted by atomic mass is 32.2. The molecule has 0 spiro atoms. The molecule has 13 heteroatoms. The molecule has 0 aliphatic rings. The van der Waals surface area contributed by atoms with Gasteiger partial charge >= 0.3 is 6.01 Å². The second kappa shape index (κ2) is 14.3. The molecule has 0 bridgehead atoms. The summed E-state index contributed by atoms with van der Waals surface area (Å²) in [7, 11) is -3.86. The van der Waals surface area contributed by atoms with Crippen LogP contribution in [0.1, 0.15) is 34.0 Å². The van der Waals surface area contributed by atoms with E-state index in [-0.39, 0.29) is 29.3 Å². The van der Waals surface area contributed by atoms with Gasteiger partial charge in [0.1, 0.15) is 12.4 Å². The summed E-state index contributed by atoms with van der Waals surface area (Å²) in [4.78, 5) is 26.4. The van der Waals surface area contributed by atoms with Crippen LogP contribution in [0.5, 0.6) is 6.01 Å². The average molecular weight is 637 g/mol. The van der Waals surface area contributed by atoms with Gasteiger partial charge in [0.2, 0.25) is 11.9 Å². The van der Waals surface area contributed by atoms with Gasteiger partial charge in [0.15, 0.2) is 0 Å². The van der Waals surface area contributed by atoms with Crippen molar-refractivity contribution < 1.29 is 17.9 Å². The standard InChI is InChI=1S/C33H32N8O4S/c1-22-11-13-24(14-12-22)20-35-31-38-32(40-33(39-31)45-21-25-7-4-3-5-8-25)37-28-10-6-9-26(19-28)30(42)36-27-15-17-29(18-16-27)46(43,44)41-23(2)34/h3-19H,20-21H2,1-2H3,(H2,34,41)(H,36,42)(H2,35,37,38,39,40). The molecule has 0 unspecified atom stereocenters. The number of anilines is 4. The quantitative estimate of drug-likeness (QED) is 0.0858. The van der Waals surface area contributed by atoms with Crippen molar-refractivity contribution in [3.05, 3.63) is 125 Å². The summed E-state index contributed by atoms with van der Waals surface area (Å²) in [5.74, 6) is -0.0801. The summed E-state index contributed by atoms with van der Waals surface area (Å²) in [6, 6.07) is 30.3. The van der Waals surface area contributed by atoms with Gasteiger partial charge in [-0.25, -0.2) is 8.42 Å². The van der Waals surface area contributed by atoms with E-state index in [1.807, 2.05) is 61.5 Å². The third-order valence-electron chi connectivity index (χ3n) is 6.49. The molecule has 0 atom stereocenters. The Morgan fingerprint density at radius 3 is 2.24 bits per heavy atom. The molecule has 0 aliphatic carbocycles. The third-order valence-corrected chi connectivity index (χ3v) is 7.96. The van der Waals surface area contributed by atoms with Crippen molar-refractivity contribution in [2.75, 3.05) is 16.0 Å². The number of carbonyl (C=O) groups excluding carboxylic acids is 1. The first-order chi connectivity index (χ1) is 22.1. The van der Waals surface area contributed by atoms with Crippen LogP contribution in [0.15, 0.2) is 108 Å². The predicted octanol–water partition coefficient (Wildman–Crippen LogP) is 5.64. The molecular formula is C33H32N8O4S. The lowest BCUT2D eigenvalue weighted by Gasteiger charge is -2.12. The molecule has 234 valence electrons. The number of ether oxygens (including phenoxy) is 1. The van der Waals surface area contributed by atoms with Crippen LogP contribution < -0.4 is 25.4 Å². The van der Waals surface area contributed by atoms with Gasteiger partial charge in [-0.05, 0) is 67.4 Å². The zero-order chi connectivity index (χ0) is 32.5. The summed E-state index contributed by atoms with van der Waals surface area (Å²) in [5.41, 5.74) is 4.47. The normalized spacial score (nSPS) is 10.9. The zero-order valence-corrected chi connectivity index (χ0v) is 25.9. The number of hydrogen-bond acceptors (Lipinski definition) is 10. The Bertz CT molecular complexity index is 1940. The Hall–Kier alpha value is -5.82. The van der Waals surface area contributed by atoms with E-state index < -0.39 is 15.9 Å². The maximum absolute atomic E-state index is 13.0. The first-order valence-electron chi connectivity index (χ1n) is 14.2. The van der Waals surface area contributed by atoms with Crippen LogP contribution in [0.3, 0.4) is 0 Å². The molecule has 1 aromatic heterocycles. The van der Waals surface area contributed by atoms with E-state index in [0.717, 1.165) is 11.1 Å². The van der Waals surface area contributed by atoms with Crippen LogP contribution in [-0.4, -0.2) is 35.1 Å². The van der Waals surface area contributed by atoms with Crippen molar-refractivity contribution >= 4 is 45.0 Å². The van der Waals surface area contributed by atoms with E-state index in [2.05, 4.69) is 35.6 Å². The fraction of sp³-hybridized carbons (Fsp3) is 0.121. The van der Waals surface area contributed by atoms with Crippen molar-refractivity contribution in [2.24, 2.45) is 0 Å². The van der Waals surface area contributed by atoms with E-state index >= 15 is 0 Å². The zero-order valence-electron chi connectivity index (χ0n) is 25.1. The molecule has 0 saturated carbocycles. The maximum atomic E-state index is 13.0. The number of benzene rings is 4. The Morgan fingerprint density at radius 1 is 0.804 bits per heavy atom. The van der Waals surface area contributed by atoms with E-state index in [1.165, 1.54) is 36.8 Å². The van der Waals surface area contributed by atoms with Crippen molar-refractivity contribution in [3.8, 4) is 6.01 Å². The molecule has 1 heterocycles. The molecule has 5 aromatic rings. The van der Waals surface area contributed by atoms with Crippen molar-refractivity contribution in [1.29, 1.82) is 5.41 Å². The molecule has 0 radical (unpaired) electrons. The maximum Gasteiger partial charge on any atom is 0.323 e. The van der Waals surface area contributed by atoms with E-state index in [0.29, 0.717) is 29.4 Å². The summed E-state index contributed by atoms with van der Waals surface area (Å²) in [6.45, 7) is 4.12. The molecule has 12 nitrogen and oxygen atoms in total. The van der Waals surface area contributed by atoms with Gasteiger partial charge in [0, 0.05) is 23.5 Å². The van der Waals surface area contributed by atoms with Gasteiger partial charge in [-0.1, -0.05) is 66.2 Å². The summed E-state index contributed by atoms with van der Waals surface area (Å²) >= 11 is 0. The van der Waals surface area contributed by atoms with Gasteiger partial charge in [-0.2, -0.15) is 15.0 Å². The lowest BCUT2D eigenvalue weighted by molar-refractivity contribution is 0.102. The molecule has 0 aliphatic heterocycles. The molecule has 46 heavy (non-hydrogen) atoms. The lowest BCUT2D eigenvalue weighted by Crippen LogP contribution is -2.27. The molecule has 0 saturated heterocycles. The van der Waals surface area contributed by atoms with Crippen LogP contribution in [0, 0.1) is 12.3 Å².